The number of hydrogen-bond acceptors (Lipinski definition) is 2. The van der Waals surface area contributed by atoms with Crippen LogP contribution in [0.3, 0.4) is 0 Å². The van der Waals surface area contributed by atoms with Crippen LogP contribution in [0.2, 0.25) is 0 Å². The molecule has 15 heavy (non-hydrogen) atoms. The summed E-state index contributed by atoms with van der Waals surface area (Å²) in [6, 6.07) is 4.29. The Morgan fingerprint density at radius 3 is 3.00 bits per heavy atom. The number of rotatable bonds is 5. The fraction of sp³-hybridized carbons (Fsp3) is 0.500. The zero-order valence-corrected chi connectivity index (χ0v) is 11.8. The molecule has 3 nitrogen and oxygen atoms in total. The lowest BCUT2D eigenvalue weighted by Gasteiger charge is -2.03. The molecule has 0 bridgehead atoms. The van der Waals surface area contributed by atoms with Crippen LogP contribution in [0.4, 0.5) is 0 Å². The van der Waals surface area contributed by atoms with Crippen molar-refractivity contribution in [3.05, 3.63) is 19.9 Å². The van der Waals surface area contributed by atoms with Crippen LogP contribution in [0.15, 0.2) is 17.1 Å². The summed E-state index contributed by atoms with van der Waals surface area (Å²) >= 11 is 4.16. The molecule has 0 aromatic carbocycles. The standard InChI is InChI=1S/C10H16IN3S/c1-2-6-13-10(12)14-7-5-8-3-4-9(11)15-8/h3-4H,2,5-7H2,1H3,(H3,12,13,14). The second-order valence-corrected chi connectivity index (χ2v) is 6.21. The molecule has 1 aromatic heterocycles. The second kappa shape index (κ2) is 7.05. The number of aliphatic imine (C=N–C) groups is 1. The number of nitrogens with zero attached hydrogens (tertiary/aromatic N) is 1. The Bertz CT molecular complexity index is 322. The normalized spacial score (nSPS) is 11.7. The van der Waals surface area contributed by atoms with Gasteiger partial charge in [0.05, 0.1) is 2.88 Å². The van der Waals surface area contributed by atoms with Gasteiger partial charge < -0.3 is 11.1 Å². The van der Waals surface area contributed by atoms with Crippen molar-refractivity contribution in [1.82, 2.24) is 5.32 Å². The van der Waals surface area contributed by atoms with Gasteiger partial charge in [-0.1, -0.05) is 6.92 Å². The molecule has 0 aliphatic rings. The van der Waals surface area contributed by atoms with Crippen LogP contribution in [0.25, 0.3) is 0 Å². The molecule has 1 heterocycles. The van der Waals surface area contributed by atoms with Crippen molar-refractivity contribution in [3.63, 3.8) is 0 Å². The van der Waals surface area contributed by atoms with E-state index in [0.29, 0.717) is 5.96 Å². The van der Waals surface area contributed by atoms with Gasteiger partial charge in [-0.2, -0.15) is 0 Å². The van der Waals surface area contributed by atoms with Gasteiger partial charge in [-0.15, -0.1) is 11.3 Å². The monoisotopic (exact) mass is 337 g/mol. The summed E-state index contributed by atoms with van der Waals surface area (Å²) in [7, 11) is 0. The van der Waals surface area contributed by atoms with E-state index in [1.807, 2.05) is 11.3 Å². The van der Waals surface area contributed by atoms with Crippen molar-refractivity contribution in [2.75, 3.05) is 13.1 Å². The maximum Gasteiger partial charge on any atom is 0.188 e. The van der Waals surface area contributed by atoms with Crippen LogP contribution < -0.4 is 11.1 Å². The first-order valence-electron chi connectivity index (χ1n) is 5.00. The smallest absolute Gasteiger partial charge is 0.188 e. The van der Waals surface area contributed by atoms with Crippen LogP contribution >= 0.6 is 33.9 Å². The SMILES string of the molecule is CCCN=C(N)NCCc1ccc(I)s1. The van der Waals surface area contributed by atoms with Gasteiger partial charge in [0.15, 0.2) is 5.96 Å². The Kier molecular flexibility index (Phi) is 6.00. The summed E-state index contributed by atoms with van der Waals surface area (Å²) in [5, 5.41) is 3.11. The van der Waals surface area contributed by atoms with E-state index in [4.69, 9.17) is 5.73 Å². The van der Waals surface area contributed by atoms with Crippen molar-refractivity contribution in [2.45, 2.75) is 19.8 Å². The molecule has 3 N–H and O–H groups in total. The molecule has 0 radical (unpaired) electrons. The highest BCUT2D eigenvalue weighted by atomic mass is 127. The Labute approximate surface area is 108 Å². The van der Waals surface area contributed by atoms with Gasteiger partial charge >= 0.3 is 0 Å². The van der Waals surface area contributed by atoms with E-state index in [1.165, 1.54) is 7.76 Å². The topological polar surface area (TPSA) is 50.4 Å². The van der Waals surface area contributed by atoms with E-state index >= 15 is 0 Å². The molecule has 0 saturated carbocycles. The predicted molar refractivity (Wildman–Crippen MR) is 75.5 cm³/mol. The summed E-state index contributed by atoms with van der Waals surface area (Å²) in [5.74, 6) is 0.558. The van der Waals surface area contributed by atoms with Gasteiger partial charge in [-0.05, 0) is 47.6 Å². The lowest BCUT2D eigenvalue weighted by Crippen LogP contribution is -2.33. The van der Waals surface area contributed by atoms with Gasteiger partial charge in [0, 0.05) is 18.0 Å². The second-order valence-electron chi connectivity index (χ2n) is 3.15. The molecule has 0 atom stereocenters. The largest absolute Gasteiger partial charge is 0.370 e. The van der Waals surface area contributed by atoms with Gasteiger partial charge in [-0.3, -0.25) is 4.99 Å². The third-order valence-corrected chi connectivity index (χ3v) is 3.77. The lowest BCUT2D eigenvalue weighted by molar-refractivity contribution is 0.846. The highest BCUT2D eigenvalue weighted by Crippen LogP contribution is 2.18. The third-order valence-electron chi connectivity index (χ3n) is 1.81. The fourth-order valence-electron chi connectivity index (χ4n) is 1.09. The van der Waals surface area contributed by atoms with Crippen LogP contribution in [0, 0.1) is 2.88 Å². The first kappa shape index (κ1) is 12.8. The van der Waals surface area contributed by atoms with Crippen molar-refractivity contribution in [1.29, 1.82) is 0 Å². The quantitative estimate of drug-likeness (QED) is 0.492. The van der Waals surface area contributed by atoms with Crippen molar-refractivity contribution in [2.24, 2.45) is 10.7 Å². The molecule has 1 rings (SSSR count). The first-order valence-corrected chi connectivity index (χ1v) is 6.90. The van der Waals surface area contributed by atoms with Crippen molar-refractivity contribution in [3.8, 4) is 0 Å². The minimum absolute atomic E-state index is 0.558. The zero-order chi connectivity index (χ0) is 11.1. The van der Waals surface area contributed by atoms with Crippen LogP contribution in [-0.2, 0) is 6.42 Å². The van der Waals surface area contributed by atoms with Gasteiger partial charge in [0.1, 0.15) is 0 Å². The fourth-order valence-corrected chi connectivity index (χ4v) is 2.84. The highest BCUT2D eigenvalue weighted by Gasteiger charge is 1.97. The number of nitrogens with two attached hydrogens (primary N) is 1. The van der Waals surface area contributed by atoms with Crippen molar-refractivity contribution < 1.29 is 0 Å². The maximum atomic E-state index is 5.67. The summed E-state index contributed by atoms with van der Waals surface area (Å²) in [4.78, 5) is 5.55. The average molecular weight is 337 g/mol. The number of nitrogens with one attached hydrogen (secondary N) is 1. The molecule has 84 valence electrons. The Hall–Kier alpha value is -0.300. The van der Waals surface area contributed by atoms with Gasteiger partial charge in [0.25, 0.3) is 0 Å². The molecule has 0 aliphatic heterocycles. The average Bonchev–Trinajstić information content (AvgIpc) is 2.61. The number of hydrogen-bond donors (Lipinski definition) is 2. The minimum atomic E-state index is 0.558. The number of halogens is 1. The maximum absolute atomic E-state index is 5.67. The summed E-state index contributed by atoms with van der Waals surface area (Å²) < 4.78 is 1.33. The molecule has 5 heteroatoms. The number of guanidine groups is 1. The van der Waals surface area contributed by atoms with Crippen LogP contribution in [0.1, 0.15) is 18.2 Å². The van der Waals surface area contributed by atoms with E-state index in [0.717, 1.165) is 25.9 Å². The molecule has 1 aromatic rings. The lowest BCUT2D eigenvalue weighted by atomic mass is 10.3. The Morgan fingerprint density at radius 2 is 2.40 bits per heavy atom. The molecule has 0 fully saturated rings. The summed E-state index contributed by atoms with van der Waals surface area (Å²) in [5.41, 5.74) is 5.67. The molecular weight excluding hydrogens is 321 g/mol. The van der Waals surface area contributed by atoms with E-state index < -0.39 is 0 Å². The highest BCUT2D eigenvalue weighted by molar-refractivity contribution is 14.1. The van der Waals surface area contributed by atoms with E-state index in [9.17, 15) is 0 Å². The third kappa shape index (κ3) is 5.36. The Balaban J connectivity index is 2.21. The van der Waals surface area contributed by atoms with Crippen LogP contribution in [0.5, 0.6) is 0 Å². The first-order chi connectivity index (χ1) is 7.22. The van der Waals surface area contributed by atoms with Gasteiger partial charge in [-0.25, -0.2) is 0 Å². The predicted octanol–water partition coefficient (Wildman–Crippen LogP) is 2.21. The molecule has 0 saturated heterocycles. The van der Waals surface area contributed by atoms with Crippen molar-refractivity contribution >= 4 is 39.9 Å². The molecule has 0 spiro atoms. The molecule has 0 aliphatic carbocycles. The minimum Gasteiger partial charge on any atom is -0.370 e. The van der Waals surface area contributed by atoms with Gasteiger partial charge in [0.2, 0.25) is 0 Å². The van der Waals surface area contributed by atoms with E-state index in [2.05, 4.69) is 52.0 Å². The number of thiophene rings is 1. The van der Waals surface area contributed by atoms with E-state index in [1.54, 1.807) is 0 Å². The molecule has 0 amide bonds. The van der Waals surface area contributed by atoms with E-state index in [-0.39, 0.29) is 0 Å². The summed E-state index contributed by atoms with van der Waals surface area (Å²) in [6.07, 6.45) is 2.04. The molecular formula is C10H16IN3S. The Morgan fingerprint density at radius 1 is 1.60 bits per heavy atom. The summed E-state index contributed by atoms with van der Waals surface area (Å²) in [6.45, 7) is 3.75. The van der Waals surface area contributed by atoms with Crippen LogP contribution in [-0.4, -0.2) is 19.0 Å². The molecule has 0 unspecified atom stereocenters. The zero-order valence-electron chi connectivity index (χ0n) is 8.79.